The van der Waals surface area contributed by atoms with Gasteiger partial charge in [0.1, 0.15) is 6.04 Å². The minimum Gasteiger partial charge on any atom is -0.370 e. The Hall–Kier alpha value is -3.85. The Morgan fingerprint density at radius 2 is 1.57 bits per heavy atom. The van der Waals surface area contributed by atoms with Crippen molar-refractivity contribution in [2.75, 3.05) is 39.8 Å². The molecule has 3 aromatic rings. The minimum atomic E-state index is -4.40. The number of hydrogen-bond donors (Lipinski definition) is 1. The third-order valence-electron chi connectivity index (χ3n) is 7.20. The van der Waals surface area contributed by atoms with Gasteiger partial charge in [-0.3, -0.25) is 9.69 Å². The highest BCUT2D eigenvalue weighted by atomic mass is 19.4. The lowest BCUT2D eigenvalue weighted by Crippen LogP contribution is -2.54. The van der Waals surface area contributed by atoms with Crippen molar-refractivity contribution in [2.24, 2.45) is 10.7 Å². The van der Waals surface area contributed by atoms with Gasteiger partial charge in [-0.05, 0) is 42.2 Å². The van der Waals surface area contributed by atoms with E-state index in [0.29, 0.717) is 62.8 Å². The van der Waals surface area contributed by atoms with E-state index in [-0.39, 0.29) is 5.91 Å². The maximum absolute atomic E-state index is 13.8. The monoisotopic (exact) mass is 551 g/mol. The number of hydrogen-bond acceptors (Lipinski definition) is 3. The van der Waals surface area contributed by atoms with Gasteiger partial charge < -0.3 is 15.5 Å². The zero-order valence-electron chi connectivity index (χ0n) is 22.9. The first-order valence-electron chi connectivity index (χ1n) is 13.4. The molecule has 2 N–H and O–H groups in total. The van der Waals surface area contributed by atoms with Crippen LogP contribution in [-0.4, -0.2) is 66.3 Å². The number of carbonyl (C=O) groups is 1. The van der Waals surface area contributed by atoms with E-state index in [9.17, 15) is 18.0 Å². The fourth-order valence-corrected chi connectivity index (χ4v) is 5.00. The van der Waals surface area contributed by atoms with Crippen molar-refractivity contribution in [1.82, 2.24) is 14.7 Å². The van der Waals surface area contributed by atoms with Gasteiger partial charge in [0, 0.05) is 39.8 Å². The molecule has 0 saturated carbocycles. The van der Waals surface area contributed by atoms with Crippen molar-refractivity contribution < 1.29 is 18.0 Å². The number of guanidine groups is 1. The molecular weight excluding hydrogens is 515 g/mol. The molecule has 0 aromatic heterocycles. The van der Waals surface area contributed by atoms with E-state index in [1.807, 2.05) is 65.6 Å². The predicted octanol–water partition coefficient (Wildman–Crippen LogP) is 4.89. The fraction of sp³-hybridized carbons (Fsp3) is 0.355. The summed E-state index contributed by atoms with van der Waals surface area (Å²) in [5.41, 5.74) is 8.70. The van der Waals surface area contributed by atoms with E-state index in [4.69, 9.17) is 5.73 Å². The average molecular weight is 552 g/mol. The smallest absolute Gasteiger partial charge is 0.370 e. The van der Waals surface area contributed by atoms with Crippen LogP contribution in [0.1, 0.15) is 33.9 Å². The number of piperazine rings is 1. The summed E-state index contributed by atoms with van der Waals surface area (Å²) < 4.78 is 39.9. The maximum atomic E-state index is 13.8. The Morgan fingerprint density at radius 3 is 2.20 bits per heavy atom. The van der Waals surface area contributed by atoms with Crippen LogP contribution < -0.4 is 5.73 Å². The Balaban J connectivity index is 1.42. The van der Waals surface area contributed by atoms with Gasteiger partial charge in [0.15, 0.2) is 5.96 Å². The fourth-order valence-electron chi connectivity index (χ4n) is 5.00. The minimum absolute atomic E-state index is 0.0888. The number of likely N-dealkylation sites (N-methyl/N-ethyl adjacent to an activating group) is 1. The van der Waals surface area contributed by atoms with E-state index in [2.05, 4.69) is 9.89 Å². The van der Waals surface area contributed by atoms with Crippen molar-refractivity contribution in [2.45, 2.75) is 32.1 Å². The van der Waals surface area contributed by atoms with E-state index in [0.717, 1.165) is 17.2 Å². The van der Waals surface area contributed by atoms with Crippen LogP contribution in [0.5, 0.6) is 0 Å². The first-order chi connectivity index (χ1) is 19.1. The summed E-state index contributed by atoms with van der Waals surface area (Å²) >= 11 is 0. The molecule has 0 radical (unpaired) electrons. The molecule has 1 aliphatic heterocycles. The lowest BCUT2D eigenvalue weighted by atomic mass is 10.0. The molecule has 1 atom stereocenters. The first kappa shape index (κ1) is 29.1. The van der Waals surface area contributed by atoms with Gasteiger partial charge in [-0.2, -0.15) is 13.2 Å². The molecule has 4 rings (SSSR count). The summed E-state index contributed by atoms with van der Waals surface area (Å²) in [6.07, 6.45) is -4.07. The number of alkyl halides is 3. The molecule has 1 aliphatic rings. The number of amides is 1. The summed E-state index contributed by atoms with van der Waals surface area (Å²) in [7, 11) is 1.71. The molecule has 3 aromatic carbocycles. The molecule has 1 unspecified atom stereocenters. The van der Waals surface area contributed by atoms with Gasteiger partial charge in [0.2, 0.25) is 5.91 Å². The summed E-state index contributed by atoms with van der Waals surface area (Å²) in [5, 5.41) is 0. The zero-order chi connectivity index (χ0) is 28.7. The van der Waals surface area contributed by atoms with Crippen LogP contribution in [-0.2, 0) is 23.9 Å². The third kappa shape index (κ3) is 7.63. The molecule has 1 amide bonds. The number of halogens is 3. The van der Waals surface area contributed by atoms with Crippen molar-refractivity contribution in [1.29, 1.82) is 0 Å². The molecule has 0 spiro atoms. The van der Waals surface area contributed by atoms with Crippen LogP contribution in [0, 0.1) is 6.92 Å². The van der Waals surface area contributed by atoms with E-state index < -0.39 is 17.8 Å². The van der Waals surface area contributed by atoms with Crippen LogP contribution in [0.2, 0.25) is 0 Å². The Bertz CT molecular complexity index is 1290. The molecule has 212 valence electrons. The van der Waals surface area contributed by atoms with E-state index in [1.165, 1.54) is 6.07 Å². The first-order valence-corrected chi connectivity index (χ1v) is 13.4. The molecule has 0 aliphatic carbocycles. The van der Waals surface area contributed by atoms with Gasteiger partial charge in [-0.1, -0.05) is 72.3 Å². The van der Waals surface area contributed by atoms with Gasteiger partial charge in [0.05, 0.1) is 12.1 Å². The number of nitrogens with two attached hydrogens (primary N) is 1. The number of benzene rings is 3. The SMILES string of the molecule is Cc1cc(CCN(C)C(=O)C(c2ccccc2)N2CCN(C(N)=NCc3ccccc3)CC2)cc(C(F)(F)F)c1. The molecule has 1 saturated heterocycles. The van der Waals surface area contributed by atoms with Crippen molar-refractivity contribution in [3.63, 3.8) is 0 Å². The highest BCUT2D eigenvalue weighted by Gasteiger charge is 2.33. The second kappa shape index (κ2) is 13.0. The summed E-state index contributed by atoms with van der Waals surface area (Å²) in [5.74, 6) is 0.397. The van der Waals surface area contributed by atoms with Crippen LogP contribution in [0.25, 0.3) is 0 Å². The van der Waals surface area contributed by atoms with Gasteiger partial charge in [0.25, 0.3) is 0 Å². The largest absolute Gasteiger partial charge is 0.416 e. The number of carbonyl (C=O) groups excluding carboxylic acids is 1. The van der Waals surface area contributed by atoms with E-state index in [1.54, 1.807) is 24.9 Å². The maximum Gasteiger partial charge on any atom is 0.416 e. The number of aryl methyl sites for hydroxylation is 1. The van der Waals surface area contributed by atoms with E-state index >= 15 is 0 Å². The topological polar surface area (TPSA) is 65.2 Å². The number of rotatable bonds is 8. The normalized spacial score (nSPS) is 15.6. The average Bonchev–Trinajstić information content (AvgIpc) is 2.95. The number of nitrogens with zero attached hydrogens (tertiary/aromatic N) is 4. The predicted molar refractivity (Wildman–Crippen MR) is 152 cm³/mol. The molecule has 9 heteroatoms. The van der Waals surface area contributed by atoms with Crippen LogP contribution >= 0.6 is 0 Å². The van der Waals surface area contributed by atoms with Gasteiger partial charge in [-0.15, -0.1) is 0 Å². The zero-order valence-corrected chi connectivity index (χ0v) is 22.9. The van der Waals surface area contributed by atoms with Crippen LogP contribution in [0.3, 0.4) is 0 Å². The third-order valence-corrected chi connectivity index (χ3v) is 7.20. The van der Waals surface area contributed by atoms with Crippen molar-refractivity contribution in [3.8, 4) is 0 Å². The Kier molecular flexibility index (Phi) is 9.47. The molecule has 0 bridgehead atoms. The lowest BCUT2D eigenvalue weighted by Gasteiger charge is -2.40. The van der Waals surface area contributed by atoms with Gasteiger partial charge in [-0.25, -0.2) is 4.99 Å². The quantitative estimate of drug-likeness (QED) is 0.320. The highest BCUT2D eigenvalue weighted by molar-refractivity contribution is 5.83. The van der Waals surface area contributed by atoms with Crippen LogP contribution in [0.4, 0.5) is 13.2 Å². The molecule has 6 nitrogen and oxygen atoms in total. The van der Waals surface area contributed by atoms with Gasteiger partial charge >= 0.3 is 6.18 Å². The standard InChI is InChI=1S/C31H36F3N5O/c1-23-19-25(21-27(20-23)31(32,33)34)13-14-37(2)29(40)28(26-11-7-4-8-12-26)38-15-17-39(18-16-38)30(35)36-22-24-9-5-3-6-10-24/h3-12,19-21,28H,13-18,22H2,1-2H3,(H2,35,36). The molecule has 1 heterocycles. The number of aliphatic imine (C=N–C) groups is 1. The lowest BCUT2D eigenvalue weighted by molar-refractivity contribution is -0.138. The second-order valence-corrected chi connectivity index (χ2v) is 10.2. The van der Waals surface area contributed by atoms with Crippen LogP contribution in [0.15, 0.2) is 83.9 Å². The second-order valence-electron chi connectivity index (χ2n) is 10.2. The summed E-state index contributed by atoms with van der Waals surface area (Å²) in [6.45, 7) is 4.97. The summed E-state index contributed by atoms with van der Waals surface area (Å²) in [6, 6.07) is 23.1. The Morgan fingerprint density at radius 1 is 0.950 bits per heavy atom. The van der Waals surface area contributed by atoms with Crippen molar-refractivity contribution >= 4 is 11.9 Å². The summed E-state index contributed by atoms with van der Waals surface area (Å²) in [4.78, 5) is 24.1. The molecule has 1 fully saturated rings. The highest BCUT2D eigenvalue weighted by Crippen LogP contribution is 2.31. The molecular formula is C31H36F3N5O. The van der Waals surface area contributed by atoms with Crippen molar-refractivity contribution in [3.05, 3.63) is 107 Å². The Labute approximate surface area is 233 Å². The molecule has 40 heavy (non-hydrogen) atoms.